The van der Waals surface area contributed by atoms with Crippen LogP contribution in [0.15, 0.2) is 42.5 Å². The maximum absolute atomic E-state index is 12.7. The van der Waals surface area contributed by atoms with Gasteiger partial charge >= 0.3 is 0 Å². The van der Waals surface area contributed by atoms with Gasteiger partial charge < -0.3 is 10.1 Å². The lowest BCUT2D eigenvalue weighted by molar-refractivity contribution is -0.126. The van der Waals surface area contributed by atoms with Crippen molar-refractivity contribution in [1.82, 2.24) is 9.62 Å². The van der Waals surface area contributed by atoms with Gasteiger partial charge in [0, 0.05) is 19.0 Å². The molecule has 1 aliphatic rings. The van der Waals surface area contributed by atoms with Crippen LogP contribution in [0.3, 0.4) is 0 Å². The highest BCUT2D eigenvalue weighted by atomic mass is 32.2. The van der Waals surface area contributed by atoms with Crippen LogP contribution in [-0.2, 0) is 20.6 Å². The average molecular weight is 445 g/mol. The Morgan fingerprint density at radius 1 is 1.03 bits per heavy atom. The van der Waals surface area contributed by atoms with E-state index in [2.05, 4.69) is 12.2 Å². The van der Waals surface area contributed by atoms with Crippen molar-refractivity contribution < 1.29 is 17.9 Å². The number of piperidine rings is 1. The van der Waals surface area contributed by atoms with Crippen LogP contribution in [0.4, 0.5) is 0 Å². The first-order valence-electron chi connectivity index (χ1n) is 10.8. The molecule has 168 valence electrons. The highest BCUT2D eigenvalue weighted by Gasteiger charge is 2.31. The van der Waals surface area contributed by atoms with Crippen molar-refractivity contribution in [2.45, 2.75) is 39.4 Å². The van der Waals surface area contributed by atoms with E-state index in [1.54, 1.807) is 0 Å². The van der Waals surface area contributed by atoms with Crippen molar-refractivity contribution in [3.63, 3.8) is 0 Å². The minimum Gasteiger partial charge on any atom is -0.492 e. The van der Waals surface area contributed by atoms with Crippen molar-refractivity contribution in [1.29, 1.82) is 0 Å². The second-order valence-corrected chi connectivity index (χ2v) is 10.3. The minimum absolute atomic E-state index is 0.0000329. The molecule has 31 heavy (non-hydrogen) atoms. The number of hydrogen-bond acceptors (Lipinski definition) is 4. The Kier molecular flexibility index (Phi) is 7.73. The van der Waals surface area contributed by atoms with Gasteiger partial charge in [0.15, 0.2) is 0 Å². The maximum Gasteiger partial charge on any atom is 0.223 e. The van der Waals surface area contributed by atoms with Gasteiger partial charge in [-0.2, -0.15) is 0 Å². The summed E-state index contributed by atoms with van der Waals surface area (Å²) in [5.74, 6) is 0.608. The summed E-state index contributed by atoms with van der Waals surface area (Å²) < 4.78 is 32.6. The number of rotatable bonds is 8. The third-order valence-corrected chi connectivity index (χ3v) is 7.69. The predicted molar refractivity (Wildman–Crippen MR) is 123 cm³/mol. The molecule has 2 aromatic carbocycles. The van der Waals surface area contributed by atoms with Crippen molar-refractivity contribution in [3.8, 4) is 5.75 Å². The number of amides is 1. The standard InChI is InChI=1S/C24H32N2O4S/c1-18-4-7-21(8-5-18)17-31(28,29)26-13-10-22(11-14-26)24(27)25-12-15-30-23-9-6-19(2)20(3)16-23/h4-9,16,22H,10-15,17H2,1-3H3,(H,25,27). The molecule has 0 aliphatic carbocycles. The molecule has 0 aromatic heterocycles. The van der Waals surface area contributed by atoms with Gasteiger partial charge in [-0.15, -0.1) is 0 Å². The molecule has 1 amide bonds. The SMILES string of the molecule is Cc1ccc(CS(=O)(=O)N2CCC(C(=O)NCCOc3ccc(C)c(C)c3)CC2)cc1. The van der Waals surface area contributed by atoms with Gasteiger partial charge in [0.05, 0.1) is 12.3 Å². The summed E-state index contributed by atoms with van der Waals surface area (Å²) in [5, 5.41) is 2.92. The van der Waals surface area contributed by atoms with Crippen LogP contribution in [0, 0.1) is 26.7 Å². The number of carbonyl (C=O) groups excluding carboxylic acids is 1. The largest absolute Gasteiger partial charge is 0.492 e. The first kappa shape index (κ1) is 23.3. The molecule has 0 unspecified atom stereocenters. The van der Waals surface area contributed by atoms with Gasteiger partial charge in [0.1, 0.15) is 12.4 Å². The second kappa shape index (κ2) is 10.3. The number of aryl methyl sites for hydroxylation is 3. The lowest BCUT2D eigenvalue weighted by atomic mass is 9.97. The smallest absolute Gasteiger partial charge is 0.223 e. The molecule has 1 aliphatic heterocycles. The van der Waals surface area contributed by atoms with E-state index in [4.69, 9.17) is 4.74 Å². The number of sulfonamides is 1. The molecular formula is C24H32N2O4S. The zero-order valence-electron chi connectivity index (χ0n) is 18.6. The van der Waals surface area contributed by atoms with Crippen molar-refractivity contribution >= 4 is 15.9 Å². The van der Waals surface area contributed by atoms with Crippen molar-refractivity contribution in [3.05, 3.63) is 64.7 Å². The first-order chi connectivity index (χ1) is 14.7. The molecule has 0 spiro atoms. The molecule has 3 rings (SSSR count). The number of benzene rings is 2. The van der Waals surface area contributed by atoms with E-state index in [-0.39, 0.29) is 17.6 Å². The average Bonchev–Trinajstić information content (AvgIpc) is 2.75. The van der Waals surface area contributed by atoms with Gasteiger partial charge in [0.25, 0.3) is 0 Å². The van der Waals surface area contributed by atoms with Crippen molar-refractivity contribution in [2.75, 3.05) is 26.2 Å². The molecule has 2 aromatic rings. The molecule has 0 bridgehead atoms. The summed E-state index contributed by atoms with van der Waals surface area (Å²) in [6, 6.07) is 13.5. The number of nitrogens with zero attached hydrogens (tertiary/aromatic N) is 1. The monoisotopic (exact) mass is 444 g/mol. The van der Waals surface area contributed by atoms with E-state index in [1.165, 1.54) is 15.4 Å². The highest BCUT2D eigenvalue weighted by Crippen LogP contribution is 2.22. The third-order valence-electron chi connectivity index (χ3n) is 5.84. The minimum atomic E-state index is -3.37. The van der Waals surface area contributed by atoms with Crippen LogP contribution in [0.1, 0.15) is 35.1 Å². The number of nitrogens with one attached hydrogen (secondary N) is 1. The van der Waals surface area contributed by atoms with Crippen molar-refractivity contribution in [2.24, 2.45) is 5.92 Å². The molecule has 1 N–H and O–H groups in total. The normalized spacial score (nSPS) is 15.6. The zero-order chi connectivity index (χ0) is 22.4. The Hall–Kier alpha value is -2.38. The number of carbonyl (C=O) groups is 1. The molecule has 6 nitrogen and oxygen atoms in total. The molecule has 1 fully saturated rings. The molecule has 7 heteroatoms. The molecule has 1 heterocycles. The molecule has 1 saturated heterocycles. The van der Waals surface area contributed by atoms with E-state index in [9.17, 15) is 13.2 Å². The quantitative estimate of drug-likeness (QED) is 0.634. The van der Waals surface area contributed by atoms with E-state index in [1.807, 2.05) is 56.3 Å². The van der Waals surface area contributed by atoms with Gasteiger partial charge in [-0.05, 0) is 62.4 Å². The number of ether oxygens (including phenoxy) is 1. The van der Waals surface area contributed by atoms with E-state index in [0.29, 0.717) is 39.1 Å². The fourth-order valence-electron chi connectivity index (χ4n) is 3.67. The van der Waals surface area contributed by atoms with E-state index < -0.39 is 10.0 Å². The maximum atomic E-state index is 12.7. The van der Waals surface area contributed by atoms with Crippen LogP contribution in [0.2, 0.25) is 0 Å². The second-order valence-electron chi connectivity index (χ2n) is 8.30. The Morgan fingerprint density at radius 2 is 1.71 bits per heavy atom. The molecule has 0 radical (unpaired) electrons. The van der Waals surface area contributed by atoms with Crippen LogP contribution >= 0.6 is 0 Å². The Bertz CT molecular complexity index is 995. The fourth-order valence-corrected chi connectivity index (χ4v) is 5.24. The summed E-state index contributed by atoms with van der Waals surface area (Å²) >= 11 is 0. The zero-order valence-corrected chi connectivity index (χ0v) is 19.4. The van der Waals surface area contributed by atoms with Crippen LogP contribution in [0.25, 0.3) is 0 Å². The third kappa shape index (κ3) is 6.55. The lowest BCUT2D eigenvalue weighted by Crippen LogP contribution is -2.43. The van der Waals surface area contributed by atoms with E-state index >= 15 is 0 Å². The van der Waals surface area contributed by atoms with Gasteiger partial charge in [0.2, 0.25) is 15.9 Å². The topological polar surface area (TPSA) is 75.7 Å². The summed E-state index contributed by atoms with van der Waals surface area (Å²) in [7, 11) is -3.37. The van der Waals surface area contributed by atoms with Gasteiger partial charge in [-0.1, -0.05) is 35.9 Å². The Balaban J connectivity index is 1.40. The summed E-state index contributed by atoms with van der Waals surface area (Å²) in [5.41, 5.74) is 4.28. The first-order valence-corrected chi connectivity index (χ1v) is 12.4. The molecular weight excluding hydrogens is 412 g/mol. The Labute approximate surface area is 185 Å². The predicted octanol–water partition coefficient (Wildman–Crippen LogP) is 3.35. The number of hydrogen-bond donors (Lipinski definition) is 1. The fraction of sp³-hybridized carbons (Fsp3) is 0.458. The summed E-state index contributed by atoms with van der Waals surface area (Å²) in [6.07, 6.45) is 1.08. The summed E-state index contributed by atoms with van der Waals surface area (Å²) in [6.45, 7) is 7.66. The molecule has 0 atom stereocenters. The van der Waals surface area contributed by atoms with Crippen LogP contribution in [0.5, 0.6) is 5.75 Å². The van der Waals surface area contributed by atoms with E-state index in [0.717, 1.165) is 16.9 Å². The van der Waals surface area contributed by atoms with Crippen LogP contribution < -0.4 is 10.1 Å². The molecule has 0 saturated carbocycles. The lowest BCUT2D eigenvalue weighted by Gasteiger charge is -2.30. The van der Waals surface area contributed by atoms with Gasteiger partial charge in [-0.3, -0.25) is 4.79 Å². The summed E-state index contributed by atoms with van der Waals surface area (Å²) in [4.78, 5) is 12.5. The Morgan fingerprint density at radius 3 is 2.35 bits per heavy atom. The highest BCUT2D eigenvalue weighted by molar-refractivity contribution is 7.88. The van der Waals surface area contributed by atoms with Crippen LogP contribution in [-0.4, -0.2) is 44.9 Å². The van der Waals surface area contributed by atoms with Gasteiger partial charge in [-0.25, -0.2) is 12.7 Å².